The van der Waals surface area contributed by atoms with Crippen molar-refractivity contribution in [1.29, 1.82) is 0 Å². The Morgan fingerprint density at radius 2 is 1.72 bits per heavy atom. The lowest BCUT2D eigenvalue weighted by Crippen LogP contribution is -2.53. The van der Waals surface area contributed by atoms with Gasteiger partial charge in [-0.05, 0) is 54.0 Å². The van der Waals surface area contributed by atoms with E-state index in [0.717, 1.165) is 19.3 Å². The summed E-state index contributed by atoms with van der Waals surface area (Å²) in [4.78, 5) is 2.39. The summed E-state index contributed by atoms with van der Waals surface area (Å²) in [5, 5.41) is 10.2. The molecule has 0 bridgehead atoms. The average Bonchev–Trinajstić information content (AvgIpc) is 2.46. The minimum Gasteiger partial charge on any atom is -0.391 e. The van der Waals surface area contributed by atoms with Crippen LogP contribution < -0.4 is 0 Å². The number of nitrogens with zero attached hydrogens (tertiary/aromatic N) is 1. The number of ether oxygens (including phenoxy) is 1. The molecule has 2 aliphatic rings. The molecular formula is C15H29NO2. The second kappa shape index (κ2) is 4.77. The van der Waals surface area contributed by atoms with Gasteiger partial charge in [-0.1, -0.05) is 12.8 Å². The topological polar surface area (TPSA) is 32.7 Å². The molecule has 3 unspecified atom stereocenters. The van der Waals surface area contributed by atoms with Crippen LogP contribution in [-0.4, -0.2) is 46.4 Å². The number of likely N-dealkylation sites (N-methyl/N-ethyl adjacent to an activating group) is 1. The number of hydrogen-bond donors (Lipinski definition) is 1. The smallest absolute Gasteiger partial charge is 0.0789 e. The van der Waals surface area contributed by atoms with E-state index < -0.39 is 0 Å². The van der Waals surface area contributed by atoms with Crippen LogP contribution >= 0.6 is 0 Å². The summed E-state index contributed by atoms with van der Waals surface area (Å²) in [7, 11) is 2.16. The molecule has 2 rings (SSSR count). The van der Waals surface area contributed by atoms with Gasteiger partial charge in [-0.25, -0.2) is 0 Å². The third-order valence-electron chi connectivity index (χ3n) is 4.74. The standard InChI is InChI=1S/C15H29NO2/c1-14(2)10-13(15(3,4)18-14)16(5)11-8-6-7-9-12(11)17/h11-13,17H,6-10H2,1-5H3. The Bertz CT molecular complexity index is 301. The Morgan fingerprint density at radius 1 is 1.11 bits per heavy atom. The number of aliphatic hydroxyl groups is 1. The summed E-state index contributed by atoms with van der Waals surface area (Å²) < 4.78 is 6.17. The first-order valence-corrected chi connectivity index (χ1v) is 7.33. The van der Waals surface area contributed by atoms with E-state index in [-0.39, 0.29) is 17.3 Å². The maximum atomic E-state index is 10.2. The first-order valence-electron chi connectivity index (χ1n) is 7.33. The van der Waals surface area contributed by atoms with Gasteiger partial charge in [-0.3, -0.25) is 4.90 Å². The summed E-state index contributed by atoms with van der Waals surface area (Å²) in [6, 6.07) is 0.700. The molecule has 0 radical (unpaired) electrons. The van der Waals surface area contributed by atoms with Crippen molar-refractivity contribution in [3.63, 3.8) is 0 Å². The van der Waals surface area contributed by atoms with E-state index in [9.17, 15) is 5.11 Å². The van der Waals surface area contributed by atoms with Gasteiger partial charge in [0.1, 0.15) is 0 Å². The molecule has 1 heterocycles. The van der Waals surface area contributed by atoms with Crippen LogP contribution in [0.4, 0.5) is 0 Å². The van der Waals surface area contributed by atoms with Crippen LogP contribution in [0.5, 0.6) is 0 Å². The molecule has 1 aliphatic heterocycles. The average molecular weight is 255 g/mol. The van der Waals surface area contributed by atoms with Crippen molar-refractivity contribution in [2.45, 2.75) is 89.2 Å². The quantitative estimate of drug-likeness (QED) is 0.823. The van der Waals surface area contributed by atoms with E-state index in [4.69, 9.17) is 4.74 Å². The van der Waals surface area contributed by atoms with Gasteiger partial charge in [-0.15, -0.1) is 0 Å². The van der Waals surface area contributed by atoms with Crippen molar-refractivity contribution in [3.05, 3.63) is 0 Å². The van der Waals surface area contributed by atoms with Crippen molar-refractivity contribution in [3.8, 4) is 0 Å². The molecule has 2 fully saturated rings. The first-order chi connectivity index (χ1) is 8.23. The summed E-state index contributed by atoms with van der Waals surface area (Å²) >= 11 is 0. The van der Waals surface area contributed by atoms with Crippen molar-refractivity contribution in [2.75, 3.05) is 7.05 Å². The van der Waals surface area contributed by atoms with Crippen molar-refractivity contribution < 1.29 is 9.84 Å². The zero-order valence-electron chi connectivity index (χ0n) is 12.6. The van der Waals surface area contributed by atoms with Crippen molar-refractivity contribution in [1.82, 2.24) is 4.90 Å². The SMILES string of the molecule is CN(C1CCCCC1O)C1CC(C)(C)OC1(C)C. The summed E-state index contributed by atoms with van der Waals surface area (Å²) in [6.07, 6.45) is 5.35. The predicted molar refractivity (Wildman–Crippen MR) is 73.7 cm³/mol. The Morgan fingerprint density at radius 3 is 2.22 bits per heavy atom. The minimum absolute atomic E-state index is 0.0535. The van der Waals surface area contributed by atoms with E-state index in [0.29, 0.717) is 12.1 Å². The fraction of sp³-hybridized carbons (Fsp3) is 1.00. The van der Waals surface area contributed by atoms with Gasteiger partial charge < -0.3 is 9.84 Å². The van der Waals surface area contributed by atoms with Crippen LogP contribution in [0.3, 0.4) is 0 Å². The molecule has 0 aromatic rings. The monoisotopic (exact) mass is 255 g/mol. The minimum atomic E-state index is -0.164. The van der Waals surface area contributed by atoms with Crippen LogP contribution in [0.15, 0.2) is 0 Å². The molecular weight excluding hydrogens is 226 g/mol. The Labute approximate surface area is 112 Å². The predicted octanol–water partition coefficient (Wildman–Crippen LogP) is 2.57. The number of rotatable bonds is 2. The van der Waals surface area contributed by atoms with Gasteiger partial charge >= 0.3 is 0 Å². The van der Waals surface area contributed by atoms with Crippen LogP contribution in [0, 0.1) is 0 Å². The van der Waals surface area contributed by atoms with E-state index in [1.807, 2.05) is 0 Å². The molecule has 106 valence electrons. The Hall–Kier alpha value is -0.120. The molecule has 0 spiro atoms. The lowest BCUT2D eigenvalue weighted by atomic mass is 9.87. The summed E-state index contributed by atoms with van der Waals surface area (Å²) in [6.45, 7) is 8.69. The van der Waals surface area contributed by atoms with Gasteiger partial charge in [0.15, 0.2) is 0 Å². The normalized spacial score (nSPS) is 39.2. The van der Waals surface area contributed by atoms with E-state index in [1.165, 1.54) is 12.8 Å². The number of hydrogen-bond acceptors (Lipinski definition) is 3. The number of aliphatic hydroxyl groups excluding tert-OH is 1. The van der Waals surface area contributed by atoms with Crippen molar-refractivity contribution >= 4 is 0 Å². The van der Waals surface area contributed by atoms with Crippen molar-refractivity contribution in [2.24, 2.45) is 0 Å². The molecule has 0 amide bonds. The molecule has 3 nitrogen and oxygen atoms in total. The van der Waals surface area contributed by atoms with Gasteiger partial charge in [0, 0.05) is 12.1 Å². The Kier molecular flexibility index (Phi) is 3.79. The van der Waals surface area contributed by atoms with Gasteiger partial charge in [-0.2, -0.15) is 0 Å². The lowest BCUT2D eigenvalue weighted by Gasteiger charge is -2.42. The van der Waals surface area contributed by atoms with Gasteiger partial charge in [0.2, 0.25) is 0 Å². The maximum absolute atomic E-state index is 10.2. The maximum Gasteiger partial charge on any atom is 0.0789 e. The van der Waals surface area contributed by atoms with Crippen LogP contribution in [0.2, 0.25) is 0 Å². The molecule has 3 heteroatoms. The largest absolute Gasteiger partial charge is 0.391 e. The zero-order chi connectivity index (χ0) is 13.6. The van der Waals surface area contributed by atoms with Gasteiger partial charge in [0.25, 0.3) is 0 Å². The second-order valence-electron chi connectivity index (χ2n) is 7.27. The van der Waals surface area contributed by atoms with Crippen LogP contribution in [0.1, 0.15) is 59.8 Å². The summed E-state index contributed by atoms with van der Waals surface area (Å²) in [5.74, 6) is 0. The fourth-order valence-electron chi connectivity index (χ4n) is 3.97. The second-order valence-corrected chi connectivity index (χ2v) is 7.27. The van der Waals surface area contributed by atoms with E-state index in [1.54, 1.807) is 0 Å². The highest BCUT2D eigenvalue weighted by Crippen LogP contribution is 2.41. The molecule has 1 N–H and O–H groups in total. The molecule has 18 heavy (non-hydrogen) atoms. The van der Waals surface area contributed by atoms with E-state index >= 15 is 0 Å². The molecule has 0 aromatic carbocycles. The summed E-state index contributed by atoms with van der Waals surface area (Å²) in [5.41, 5.74) is -0.183. The molecule has 1 saturated carbocycles. The molecule has 3 atom stereocenters. The Balaban J connectivity index is 2.10. The lowest BCUT2D eigenvalue weighted by molar-refractivity contribution is -0.0887. The fourth-order valence-corrected chi connectivity index (χ4v) is 3.97. The van der Waals surface area contributed by atoms with Gasteiger partial charge in [0.05, 0.1) is 17.3 Å². The van der Waals surface area contributed by atoms with Crippen LogP contribution in [-0.2, 0) is 4.74 Å². The third kappa shape index (κ3) is 2.73. The first kappa shape index (κ1) is 14.3. The highest BCUT2D eigenvalue weighted by Gasteiger charge is 2.49. The molecule has 1 saturated heterocycles. The highest BCUT2D eigenvalue weighted by atomic mass is 16.5. The zero-order valence-corrected chi connectivity index (χ0v) is 12.6. The highest BCUT2D eigenvalue weighted by molar-refractivity contribution is 5.01. The third-order valence-corrected chi connectivity index (χ3v) is 4.74. The van der Waals surface area contributed by atoms with E-state index in [2.05, 4.69) is 39.6 Å². The molecule has 0 aromatic heterocycles. The molecule has 1 aliphatic carbocycles. The van der Waals surface area contributed by atoms with Crippen LogP contribution in [0.25, 0.3) is 0 Å².